The van der Waals surface area contributed by atoms with E-state index in [9.17, 15) is 0 Å². The Bertz CT molecular complexity index is 351. The van der Waals surface area contributed by atoms with Gasteiger partial charge in [0.15, 0.2) is 0 Å². The number of nitriles is 1. The summed E-state index contributed by atoms with van der Waals surface area (Å²) in [5.41, 5.74) is 2.80. The van der Waals surface area contributed by atoms with Crippen LogP contribution in [0.5, 0.6) is 0 Å². The van der Waals surface area contributed by atoms with Gasteiger partial charge in [0.2, 0.25) is 0 Å². The van der Waals surface area contributed by atoms with E-state index in [1.165, 1.54) is 0 Å². The Morgan fingerprint density at radius 3 is 3.17 bits per heavy atom. The van der Waals surface area contributed by atoms with Gasteiger partial charge in [-0.15, -0.1) is 0 Å². The lowest BCUT2D eigenvalue weighted by Gasteiger charge is -2.10. The van der Waals surface area contributed by atoms with Gasteiger partial charge >= 0.3 is 0 Å². The highest BCUT2D eigenvalue weighted by molar-refractivity contribution is 5.79. The molecule has 1 heterocycles. The molecule has 0 spiro atoms. The molecule has 1 aromatic rings. The summed E-state index contributed by atoms with van der Waals surface area (Å²) in [7, 11) is 1.97. The standard InChI is InChI=1S/C9H9N3/c1-12-6-11-8-4-2-3-7(5-10)9(8)12/h2-4,11H,6H2,1H3. The molecule has 12 heavy (non-hydrogen) atoms. The minimum absolute atomic E-state index is 0.736. The molecule has 1 aromatic carbocycles. The van der Waals surface area contributed by atoms with E-state index in [1.807, 2.05) is 30.1 Å². The van der Waals surface area contributed by atoms with Crippen LogP contribution in [0.4, 0.5) is 11.4 Å². The van der Waals surface area contributed by atoms with Crippen LogP contribution in [0.2, 0.25) is 0 Å². The number of hydrogen-bond donors (Lipinski definition) is 1. The number of para-hydroxylation sites is 1. The molecule has 0 radical (unpaired) electrons. The van der Waals surface area contributed by atoms with Gasteiger partial charge in [-0.25, -0.2) is 0 Å². The molecule has 0 saturated heterocycles. The molecule has 1 aliphatic heterocycles. The van der Waals surface area contributed by atoms with E-state index < -0.39 is 0 Å². The molecular weight excluding hydrogens is 150 g/mol. The monoisotopic (exact) mass is 159 g/mol. The van der Waals surface area contributed by atoms with Gasteiger partial charge in [-0.05, 0) is 12.1 Å². The Balaban J connectivity index is 2.62. The topological polar surface area (TPSA) is 39.1 Å². The Kier molecular flexibility index (Phi) is 1.41. The molecule has 0 aliphatic carbocycles. The molecule has 0 atom stereocenters. The van der Waals surface area contributed by atoms with Crippen LogP contribution < -0.4 is 10.2 Å². The van der Waals surface area contributed by atoms with Gasteiger partial charge in [0.05, 0.1) is 23.6 Å². The zero-order valence-electron chi connectivity index (χ0n) is 6.83. The second-order valence-corrected chi connectivity index (χ2v) is 2.85. The molecule has 3 heteroatoms. The molecule has 0 amide bonds. The first-order chi connectivity index (χ1) is 5.83. The van der Waals surface area contributed by atoms with Crippen LogP contribution in [0, 0.1) is 11.3 Å². The van der Waals surface area contributed by atoms with Crippen molar-refractivity contribution in [2.45, 2.75) is 0 Å². The quantitative estimate of drug-likeness (QED) is 0.621. The van der Waals surface area contributed by atoms with E-state index in [0.717, 1.165) is 23.6 Å². The van der Waals surface area contributed by atoms with E-state index in [1.54, 1.807) is 0 Å². The summed E-state index contributed by atoms with van der Waals surface area (Å²) in [4.78, 5) is 2.04. The SMILES string of the molecule is CN1CNc2cccc(C#N)c21. The van der Waals surface area contributed by atoms with Gasteiger partial charge in [-0.2, -0.15) is 5.26 Å². The van der Waals surface area contributed by atoms with Gasteiger partial charge in [-0.3, -0.25) is 0 Å². The first-order valence-electron chi connectivity index (χ1n) is 3.81. The largest absolute Gasteiger partial charge is 0.366 e. The lowest BCUT2D eigenvalue weighted by Crippen LogP contribution is -2.16. The molecule has 2 rings (SSSR count). The molecule has 3 nitrogen and oxygen atoms in total. The normalized spacial score (nSPS) is 13.5. The number of rotatable bonds is 0. The lowest BCUT2D eigenvalue weighted by atomic mass is 10.1. The molecule has 0 aromatic heterocycles. The second-order valence-electron chi connectivity index (χ2n) is 2.85. The van der Waals surface area contributed by atoms with E-state index in [4.69, 9.17) is 5.26 Å². The third-order valence-electron chi connectivity index (χ3n) is 2.04. The van der Waals surface area contributed by atoms with Gasteiger partial charge in [0, 0.05) is 7.05 Å². The summed E-state index contributed by atoms with van der Waals surface area (Å²) in [6, 6.07) is 7.89. The van der Waals surface area contributed by atoms with Gasteiger partial charge < -0.3 is 10.2 Å². The van der Waals surface area contributed by atoms with Crippen LogP contribution in [0.25, 0.3) is 0 Å². The number of hydrogen-bond acceptors (Lipinski definition) is 3. The highest BCUT2D eigenvalue weighted by Crippen LogP contribution is 2.32. The van der Waals surface area contributed by atoms with Crippen molar-refractivity contribution in [3.8, 4) is 6.07 Å². The van der Waals surface area contributed by atoms with Gasteiger partial charge in [-0.1, -0.05) is 6.07 Å². The number of anilines is 2. The van der Waals surface area contributed by atoms with Crippen molar-refractivity contribution in [2.75, 3.05) is 23.9 Å². The maximum Gasteiger partial charge on any atom is 0.101 e. The van der Waals surface area contributed by atoms with Crippen LogP contribution in [0.1, 0.15) is 5.56 Å². The molecule has 0 saturated carbocycles. The Hall–Kier alpha value is -1.69. The average Bonchev–Trinajstić information content (AvgIpc) is 2.48. The molecule has 0 fully saturated rings. The number of benzene rings is 1. The molecule has 1 aliphatic rings. The third-order valence-corrected chi connectivity index (χ3v) is 2.04. The third kappa shape index (κ3) is 0.817. The van der Waals surface area contributed by atoms with Crippen LogP contribution in [0.3, 0.4) is 0 Å². The van der Waals surface area contributed by atoms with Crippen LogP contribution in [0.15, 0.2) is 18.2 Å². The molecule has 1 N–H and O–H groups in total. The van der Waals surface area contributed by atoms with Crippen molar-refractivity contribution >= 4 is 11.4 Å². The van der Waals surface area contributed by atoms with Crippen molar-refractivity contribution in [3.63, 3.8) is 0 Å². The average molecular weight is 159 g/mol. The summed E-state index contributed by atoms with van der Waals surface area (Å²) < 4.78 is 0. The Morgan fingerprint density at radius 2 is 2.42 bits per heavy atom. The number of fused-ring (bicyclic) bond motifs is 1. The summed E-state index contributed by atoms with van der Waals surface area (Å²) in [6.45, 7) is 0.786. The van der Waals surface area contributed by atoms with E-state index >= 15 is 0 Å². The van der Waals surface area contributed by atoms with Crippen molar-refractivity contribution in [3.05, 3.63) is 23.8 Å². The smallest absolute Gasteiger partial charge is 0.101 e. The van der Waals surface area contributed by atoms with Gasteiger partial charge in [0.25, 0.3) is 0 Å². The van der Waals surface area contributed by atoms with E-state index in [2.05, 4.69) is 11.4 Å². The predicted molar refractivity (Wildman–Crippen MR) is 48.0 cm³/mol. The highest BCUT2D eigenvalue weighted by Gasteiger charge is 2.17. The second kappa shape index (κ2) is 2.42. The summed E-state index contributed by atoms with van der Waals surface area (Å²) in [5, 5.41) is 12.0. The fourth-order valence-corrected chi connectivity index (χ4v) is 1.47. The Morgan fingerprint density at radius 1 is 1.58 bits per heavy atom. The molecule has 60 valence electrons. The maximum absolute atomic E-state index is 8.82. The zero-order valence-corrected chi connectivity index (χ0v) is 6.83. The van der Waals surface area contributed by atoms with Gasteiger partial charge in [0.1, 0.15) is 6.07 Å². The summed E-state index contributed by atoms with van der Waals surface area (Å²) in [5.74, 6) is 0. The summed E-state index contributed by atoms with van der Waals surface area (Å²) in [6.07, 6.45) is 0. The van der Waals surface area contributed by atoms with Crippen LogP contribution in [-0.2, 0) is 0 Å². The number of nitrogens with one attached hydrogen (secondary N) is 1. The van der Waals surface area contributed by atoms with Crippen molar-refractivity contribution in [1.29, 1.82) is 5.26 Å². The van der Waals surface area contributed by atoms with Crippen molar-refractivity contribution in [2.24, 2.45) is 0 Å². The first-order valence-corrected chi connectivity index (χ1v) is 3.81. The first kappa shape index (κ1) is 6.99. The highest BCUT2D eigenvalue weighted by atomic mass is 15.3. The fourth-order valence-electron chi connectivity index (χ4n) is 1.47. The van der Waals surface area contributed by atoms with Crippen LogP contribution >= 0.6 is 0 Å². The zero-order chi connectivity index (χ0) is 8.55. The maximum atomic E-state index is 8.82. The molecule has 0 bridgehead atoms. The molecule has 0 unspecified atom stereocenters. The minimum Gasteiger partial charge on any atom is -0.366 e. The Labute approximate surface area is 71.2 Å². The predicted octanol–water partition coefficient (Wildman–Crippen LogP) is 1.38. The van der Waals surface area contributed by atoms with E-state index in [-0.39, 0.29) is 0 Å². The van der Waals surface area contributed by atoms with Crippen LogP contribution in [-0.4, -0.2) is 13.7 Å². The summed E-state index contributed by atoms with van der Waals surface area (Å²) >= 11 is 0. The lowest BCUT2D eigenvalue weighted by molar-refractivity contribution is 1.03. The van der Waals surface area contributed by atoms with E-state index in [0.29, 0.717) is 0 Å². The molecular formula is C9H9N3. The number of nitrogens with zero attached hydrogens (tertiary/aromatic N) is 2. The fraction of sp³-hybridized carbons (Fsp3) is 0.222. The van der Waals surface area contributed by atoms with Crippen molar-refractivity contribution in [1.82, 2.24) is 0 Å². The minimum atomic E-state index is 0.736. The van der Waals surface area contributed by atoms with Crippen molar-refractivity contribution < 1.29 is 0 Å².